The van der Waals surface area contributed by atoms with Gasteiger partial charge in [-0.1, -0.05) is 0 Å². The lowest BCUT2D eigenvalue weighted by Crippen LogP contribution is -2.13. The highest BCUT2D eigenvalue weighted by Crippen LogP contribution is 2.52. The molecule has 108 valence electrons. The molecule has 0 atom stereocenters. The predicted molar refractivity (Wildman–Crippen MR) is 75.4 cm³/mol. The lowest BCUT2D eigenvalue weighted by Gasteiger charge is -2.14. The van der Waals surface area contributed by atoms with Gasteiger partial charge in [-0.3, -0.25) is 9.59 Å². The predicted octanol–water partition coefficient (Wildman–Crippen LogP) is 3.46. The molecule has 0 aromatic heterocycles. The van der Waals surface area contributed by atoms with Gasteiger partial charge < -0.3 is 4.74 Å². The number of ketones is 1. The first-order chi connectivity index (χ1) is 9.46. The van der Waals surface area contributed by atoms with E-state index in [9.17, 15) is 14.0 Å². The van der Waals surface area contributed by atoms with E-state index in [1.54, 1.807) is 6.07 Å². The first-order valence-electron chi connectivity index (χ1n) is 6.46. The molecule has 5 heteroatoms. The molecule has 1 saturated carbocycles. The molecule has 0 heterocycles. The highest BCUT2D eigenvalue weighted by Gasteiger charge is 2.44. The summed E-state index contributed by atoms with van der Waals surface area (Å²) in [5.41, 5.74) is 0.393. The molecule has 20 heavy (non-hydrogen) atoms. The van der Waals surface area contributed by atoms with Crippen LogP contribution in [0, 0.1) is 11.2 Å². The van der Waals surface area contributed by atoms with E-state index in [0.717, 1.165) is 23.5 Å². The van der Waals surface area contributed by atoms with Gasteiger partial charge in [0.2, 0.25) is 0 Å². The Morgan fingerprint density at radius 1 is 1.40 bits per heavy atom. The maximum Gasteiger partial charge on any atom is 0.306 e. The second kappa shape index (κ2) is 5.95. The molecule has 0 amide bonds. The van der Waals surface area contributed by atoms with E-state index in [1.807, 2.05) is 0 Å². The molecular formula is C15H17FO3S. The molecule has 1 aromatic carbocycles. The highest BCUT2D eigenvalue weighted by molar-refractivity contribution is 7.99. The van der Waals surface area contributed by atoms with Crippen LogP contribution in [0.1, 0.15) is 36.5 Å². The Labute approximate surface area is 121 Å². The average Bonchev–Trinajstić information content (AvgIpc) is 3.17. The lowest BCUT2D eigenvalue weighted by molar-refractivity contribution is -0.141. The van der Waals surface area contributed by atoms with Gasteiger partial charge in [-0.25, -0.2) is 4.39 Å². The minimum Gasteiger partial charge on any atom is -0.469 e. The largest absolute Gasteiger partial charge is 0.469 e. The molecule has 1 fully saturated rings. The number of halogens is 1. The number of carbonyl (C=O) groups excluding carboxylic acids is 2. The topological polar surface area (TPSA) is 43.4 Å². The first kappa shape index (κ1) is 15.0. The van der Waals surface area contributed by atoms with Gasteiger partial charge in [0.15, 0.2) is 5.78 Å². The zero-order valence-corrected chi connectivity index (χ0v) is 12.4. The Balaban J connectivity index is 2.04. The van der Waals surface area contributed by atoms with Crippen molar-refractivity contribution in [3.8, 4) is 0 Å². The minimum atomic E-state index is -0.407. The lowest BCUT2D eigenvalue weighted by atomic mass is 10.1. The van der Waals surface area contributed by atoms with Gasteiger partial charge in [0.25, 0.3) is 0 Å². The van der Waals surface area contributed by atoms with Gasteiger partial charge in [-0.2, -0.15) is 0 Å². The molecule has 3 nitrogen and oxygen atoms in total. The van der Waals surface area contributed by atoms with E-state index in [-0.39, 0.29) is 17.2 Å². The summed E-state index contributed by atoms with van der Waals surface area (Å²) in [6.45, 7) is 1.43. The summed E-state index contributed by atoms with van der Waals surface area (Å²) >= 11 is 1.51. The smallest absolute Gasteiger partial charge is 0.306 e. The quantitative estimate of drug-likeness (QED) is 0.458. The SMILES string of the molecule is COC(=O)CC1(CSc2ccc(F)cc2C(C)=O)CC1. The van der Waals surface area contributed by atoms with Crippen LogP contribution in [0.5, 0.6) is 0 Å². The van der Waals surface area contributed by atoms with E-state index < -0.39 is 5.82 Å². The first-order valence-corrected chi connectivity index (χ1v) is 7.44. The number of thioether (sulfide) groups is 1. The van der Waals surface area contributed by atoms with E-state index in [0.29, 0.717) is 12.0 Å². The van der Waals surface area contributed by atoms with Crippen LogP contribution < -0.4 is 0 Å². The molecule has 0 bridgehead atoms. The Bertz CT molecular complexity index is 538. The highest BCUT2D eigenvalue weighted by atomic mass is 32.2. The summed E-state index contributed by atoms with van der Waals surface area (Å²) in [5.74, 6) is -0.0114. The van der Waals surface area contributed by atoms with Crippen molar-refractivity contribution >= 4 is 23.5 Å². The van der Waals surface area contributed by atoms with Crippen molar-refractivity contribution in [3.63, 3.8) is 0 Å². The molecule has 1 aromatic rings. The summed E-state index contributed by atoms with van der Waals surface area (Å²) in [6, 6.07) is 4.25. The van der Waals surface area contributed by atoms with Gasteiger partial charge in [-0.05, 0) is 43.4 Å². The van der Waals surface area contributed by atoms with E-state index in [4.69, 9.17) is 4.74 Å². The Kier molecular flexibility index (Phi) is 4.48. The zero-order chi connectivity index (χ0) is 14.8. The zero-order valence-electron chi connectivity index (χ0n) is 11.6. The van der Waals surface area contributed by atoms with Crippen LogP contribution in [-0.4, -0.2) is 24.6 Å². The van der Waals surface area contributed by atoms with Crippen LogP contribution in [0.15, 0.2) is 23.1 Å². The fraction of sp³-hybridized carbons (Fsp3) is 0.467. The standard InChI is InChI=1S/C15H17FO3S/c1-10(17)12-7-11(16)3-4-13(12)20-9-15(5-6-15)8-14(18)19-2/h3-4,7H,5-6,8-9H2,1-2H3. The van der Waals surface area contributed by atoms with E-state index in [2.05, 4.69) is 0 Å². The summed E-state index contributed by atoms with van der Waals surface area (Å²) in [6.07, 6.45) is 2.39. The van der Waals surface area contributed by atoms with Gasteiger partial charge in [-0.15, -0.1) is 11.8 Å². The van der Waals surface area contributed by atoms with Crippen LogP contribution >= 0.6 is 11.8 Å². The van der Waals surface area contributed by atoms with Crippen molar-refractivity contribution in [2.45, 2.75) is 31.1 Å². The number of rotatable bonds is 6. The number of ether oxygens (including phenoxy) is 1. The maximum absolute atomic E-state index is 13.2. The average molecular weight is 296 g/mol. The Hall–Kier alpha value is -1.36. The second-order valence-corrected chi connectivity index (χ2v) is 6.26. The van der Waals surface area contributed by atoms with Gasteiger partial charge in [0.05, 0.1) is 13.5 Å². The van der Waals surface area contributed by atoms with Crippen LogP contribution in [0.3, 0.4) is 0 Å². The van der Waals surface area contributed by atoms with Crippen LogP contribution in [0.2, 0.25) is 0 Å². The van der Waals surface area contributed by atoms with Crippen molar-refractivity contribution in [1.29, 1.82) is 0 Å². The normalized spacial score (nSPS) is 15.8. The number of esters is 1. The number of hydrogen-bond donors (Lipinski definition) is 0. The molecule has 1 aliphatic rings. The summed E-state index contributed by atoms with van der Waals surface area (Å²) in [4.78, 5) is 23.7. The molecule has 0 saturated heterocycles. The van der Waals surface area contributed by atoms with Crippen LogP contribution in [0.4, 0.5) is 4.39 Å². The van der Waals surface area contributed by atoms with Crippen LogP contribution in [-0.2, 0) is 9.53 Å². The minimum absolute atomic E-state index is 0.0137. The number of benzene rings is 1. The van der Waals surface area contributed by atoms with E-state index in [1.165, 1.54) is 37.9 Å². The summed E-state index contributed by atoms with van der Waals surface area (Å²) < 4.78 is 17.9. The molecule has 0 radical (unpaired) electrons. The fourth-order valence-corrected chi connectivity index (χ4v) is 3.44. The van der Waals surface area contributed by atoms with Crippen molar-refractivity contribution < 1.29 is 18.7 Å². The summed E-state index contributed by atoms with van der Waals surface area (Å²) in [5, 5.41) is 0. The molecule has 0 N–H and O–H groups in total. The molecule has 0 unspecified atom stereocenters. The third kappa shape index (κ3) is 3.60. The molecule has 2 rings (SSSR count). The molecular weight excluding hydrogens is 279 g/mol. The van der Waals surface area contributed by atoms with Gasteiger partial charge in [0, 0.05) is 16.2 Å². The maximum atomic E-state index is 13.2. The van der Waals surface area contributed by atoms with E-state index >= 15 is 0 Å². The number of methoxy groups -OCH3 is 1. The Morgan fingerprint density at radius 2 is 2.10 bits per heavy atom. The molecule has 0 spiro atoms. The van der Waals surface area contributed by atoms with Crippen LogP contribution in [0.25, 0.3) is 0 Å². The molecule has 0 aliphatic heterocycles. The van der Waals surface area contributed by atoms with Gasteiger partial charge >= 0.3 is 5.97 Å². The van der Waals surface area contributed by atoms with Crippen molar-refractivity contribution in [2.24, 2.45) is 5.41 Å². The summed E-state index contributed by atoms with van der Waals surface area (Å²) in [7, 11) is 1.39. The number of Topliss-reactive ketones (excluding diaryl/α,β-unsaturated/α-hetero) is 1. The van der Waals surface area contributed by atoms with Crippen molar-refractivity contribution in [1.82, 2.24) is 0 Å². The molecule has 1 aliphatic carbocycles. The third-order valence-electron chi connectivity index (χ3n) is 3.56. The monoisotopic (exact) mass is 296 g/mol. The van der Waals surface area contributed by atoms with Crippen molar-refractivity contribution in [3.05, 3.63) is 29.6 Å². The van der Waals surface area contributed by atoms with Crippen molar-refractivity contribution in [2.75, 3.05) is 12.9 Å². The van der Waals surface area contributed by atoms with Gasteiger partial charge in [0.1, 0.15) is 5.82 Å². The number of carbonyl (C=O) groups is 2. The fourth-order valence-electron chi connectivity index (χ4n) is 2.06. The number of hydrogen-bond acceptors (Lipinski definition) is 4. The Morgan fingerprint density at radius 3 is 2.65 bits per heavy atom. The second-order valence-electron chi connectivity index (χ2n) is 5.24. The third-order valence-corrected chi connectivity index (χ3v) is 4.98.